The average molecular weight is 819 g/mol. The van der Waals surface area contributed by atoms with Gasteiger partial charge in [0.15, 0.2) is 13.9 Å². The highest BCUT2D eigenvalue weighted by atomic mass is 28.3. The summed E-state index contributed by atoms with van der Waals surface area (Å²) >= 11 is 0. The van der Waals surface area contributed by atoms with Crippen molar-refractivity contribution in [1.82, 2.24) is 19.1 Å². The monoisotopic (exact) mass is 818 g/mol. The molecule has 4 nitrogen and oxygen atoms in total. The van der Waals surface area contributed by atoms with E-state index in [0.717, 1.165) is 39.7 Å². The zero-order valence-electron chi connectivity index (χ0n) is 34.2. The molecule has 63 heavy (non-hydrogen) atoms. The molecule has 0 aliphatic carbocycles. The lowest BCUT2D eigenvalue weighted by Crippen LogP contribution is -2.73. The Labute approximate surface area is 365 Å². The first-order chi connectivity index (χ1) is 31.3. The molecule has 5 heteroatoms. The van der Waals surface area contributed by atoms with Gasteiger partial charge in [-0.05, 0) is 58.0 Å². The summed E-state index contributed by atoms with van der Waals surface area (Å²) in [6.45, 7) is 0. The summed E-state index contributed by atoms with van der Waals surface area (Å²) in [7, 11) is -2.93. The zero-order chi connectivity index (χ0) is 41.5. The smallest absolute Gasteiger partial charge is 0.185 e. The summed E-state index contributed by atoms with van der Waals surface area (Å²) in [4.78, 5) is 11.1. The van der Waals surface area contributed by atoms with Gasteiger partial charge in [0.2, 0.25) is 0 Å². The number of benzene rings is 9. The highest BCUT2D eigenvalue weighted by Crippen LogP contribution is 2.42. The van der Waals surface area contributed by atoms with Crippen LogP contribution in [0.15, 0.2) is 231 Å². The highest BCUT2D eigenvalue weighted by molar-refractivity contribution is 7.22. The van der Waals surface area contributed by atoms with E-state index in [0.29, 0.717) is 0 Å². The van der Waals surface area contributed by atoms with Crippen LogP contribution in [-0.2, 0) is 0 Å². The molecule has 13 rings (SSSR count). The molecule has 0 radical (unpaired) electrons. The van der Waals surface area contributed by atoms with E-state index in [1.165, 1.54) is 69.9 Å². The normalized spacial score (nSPS) is 12.9. The Kier molecular flexibility index (Phi) is 7.89. The van der Waals surface area contributed by atoms with Crippen LogP contribution in [0.2, 0.25) is 0 Å². The minimum atomic E-state index is -2.93. The molecular weight excluding hydrogens is 781 g/mol. The third kappa shape index (κ3) is 5.14. The Morgan fingerprint density at radius 3 is 1.59 bits per heavy atom. The molecule has 294 valence electrons. The summed E-state index contributed by atoms with van der Waals surface area (Å²) in [6.07, 6.45) is 0. The van der Waals surface area contributed by atoms with Crippen LogP contribution in [0.25, 0.3) is 88.9 Å². The molecule has 0 saturated heterocycles. The highest BCUT2D eigenvalue weighted by Gasteiger charge is 2.51. The standard InChI is InChI=1S/C58H38N4Si/c1-5-19-40(20-6-1)58-59-54(57-55(60-58)48-29-15-18-32-52(48)63(57,43-23-9-3-10-24-43)44-25-11-4-12-26-44)39-33-35-42(36-34-39)62-49-30-16-13-27-45(49)46-37-38-51-53(56(46)62)47-28-14-17-31-50(47)61(51)41-21-7-2-8-22-41/h1-38H. The van der Waals surface area contributed by atoms with Gasteiger partial charge in [0.25, 0.3) is 0 Å². The second-order valence-electron chi connectivity index (χ2n) is 16.5. The van der Waals surface area contributed by atoms with Crippen molar-refractivity contribution in [2.75, 3.05) is 0 Å². The van der Waals surface area contributed by atoms with Crippen molar-refractivity contribution >= 4 is 72.4 Å². The van der Waals surface area contributed by atoms with E-state index >= 15 is 0 Å². The van der Waals surface area contributed by atoms with Gasteiger partial charge < -0.3 is 9.13 Å². The summed E-state index contributed by atoms with van der Waals surface area (Å²) in [5.41, 5.74) is 12.3. The molecule has 1 aliphatic heterocycles. The lowest BCUT2D eigenvalue weighted by molar-refractivity contribution is 1.17. The summed E-state index contributed by atoms with van der Waals surface area (Å²) in [5, 5.41) is 10.2. The molecule has 0 N–H and O–H groups in total. The van der Waals surface area contributed by atoms with Crippen LogP contribution in [0.1, 0.15) is 0 Å². The minimum absolute atomic E-state index is 0.730. The lowest BCUT2D eigenvalue weighted by Gasteiger charge is -2.32. The minimum Gasteiger partial charge on any atom is -0.309 e. The van der Waals surface area contributed by atoms with Crippen molar-refractivity contribution in [3.63, 3.8) is 0 Å². The number of hydrogen-bond acceptors (Lipinski definition) is 2. The van der Waals surface area contributed by atoms with Crippen LogP contribution in [0, 0.1) is 0 Å². The van der Waals surface area contributed by atoms with Gasteiger partial charge in [-0.25, -0.2) is 9.97 Å². The number of nitrogens with zero attached hydrogens (tertiary/aromatic N) is 4. The van der Waals surface area contributed by atoms with Crippen LogP contribution in [0.5, 0.6) is 0 Å². The maximum absolute atomic E-state index is 5.63. The van der Waals surface area contributed by atoms with Gasteiger partial charge >= 0.3 is 0 Å². The van der Waals surface area contributed by atoms with Crippen LogP contribution in [0.4, 0.5) is 0 Å². The first-order valence-electron chi connectivity index (χ1n) is 21.6. The number of aromatic nitrogens is 4. The molecule has 4 heterocycles. The molecule has 9 aromatic carbocycles. The number of rotatable bonds is 6. The molecule has 0 saturated carbocycles. The van der Waals surface area contributed by atoms with Gasteiger partial charge in [-0.1, -0.05) is 188 Å². The topological polar surface area (TPSA) is 35.6 Å². The largest absolute Gasteiger partial charge is 0.309 e. The van der Waals surface area contributed by atoms with Gasteiger partial charge in [0.1, 0.15) is 0 Å². The van der Waals surface area contributed by atoms with E-state index in [1.807, 2.05) is 0 Å². The molecule has 0 atom stereocenters. The maximum atomic E-state index is 5.63. The van der Waals surface area contributed by atoms with Crippen LogP contribution >= 0.6 is 0 Å². The molecule has 0 fully saturated rings. The molecule has 12 aromatic rings. The van der Waals surface area contributed by atoms with Crippen LogP contribution < -0.4 is 20.7 Å². The van der Waals surface area contributed by atoms with Crippen molar-refractivity contribution in [3.05, 3.63) is 231 Å². The Hall–Kier alpha value is -8.12. The zero-order valence-corrected chi connectivity index (χ0v) is 35.2. The predicted octanol–water partition coefficient (Wildman–Crippen LogP) is 11.4. The van der Waals surface area contributed by atoms with Crippen molar-refractivity contribution in [2.45, 2.75) is 0 Å². The fraction of sp³-hybridized carbons (Fsp3) is 0. The number of hydrogen-bond donors (Lipinski definition) is 0. The first-order valence-corrected chi connectivity index (χ1v) is 23.6. The fourth-order valence-corrected chi connectivity index (χ4v) is 15.9. The maximum Gasteiger partial charge on any atom is 0.185 e. The van der Waals surface area contributed by atoms with Gasteiger partial charge in [-0.3, -0.25) is 0 Å². The molecule has 0 bridgehead atoms. The second-order valence-corrected chi connectivity index (χ2v) is 20.1. The van der Waals surface area contributed by atoms with Crippen molar-refractivity contribution in [2.24, 2.45) is 0 Å². The van der Waals surface area contributed by atoms with Gasteiger partial charge in [-0.2, -0.15) is 0 Å². The van der Waals surface area contributed by atoms with Crippen LogP contribution in [-0.4, -0.2) is 27.2 Å². The third-order valence-corrected chi connectivity index (χ3v) is 18.1. The molecule has 0 amide bonds. The van der Waals surface area contributed by atoms with Crippen molar-refractivity contribution < 1.29 is 0 Å². The molecule has 0 spiro atoms. The Morgan fingerprint density at radius 1 is 0.349 bits per heavy atom. The third-order valence-electron chi connectivity index (χ3n) is 13.2. The van der Waals surface area contributed by atoms with Gasteiger partial charge in [0.05, 0.1) is 33.5 Å². The molecule has 0 unspecified atom stereocenters. The second kappa shape index (κ2) is 14.0. The predicted molar refractivity (Wildman–Crippen MR) is 264 cm³/mol. The molecular formula is C58H38N4Si. The van der Waals surface area contributed by atoms with Crippen molar-refractivity contribution in [3.8, 4) is 45.3 Å². The average Bonchev–Trinajstić information content (AvgIpc) is 3.99. The van der Waals surface area contributed by atoms with Gasteiger partial charge in [-0.15, -0.1) is 0 Å². The Balaban J connectivity index is 1.09. The summed E-state index contributed by atoms with van der Waals surface area (Å²) in [5.74, 6) is 0.730. The molecule has 3 aromatic heterocycles. The quantitative estimate of drug-likeness (QED) is 0.157. The van der Waals surface area contributed by atoms with Crippen molar-refractivity contribution in [1.29, 1.82) is 0 Å². The Bertz CT molecular complexity index is 3670. The Morgan fingerprint density at radius 2 is 0.889 bits per heavy atom. The molecule has 1 aliphatic rings. The van der Waals surface area contributed by atoms with E-state index < -0.39 is 8.07 Å². The van der Waals surface area contributed by atoms with E-state index in [-0.39, 0.29) is 0 Å². The SMILES string of the molecule is c1ccc(-c2nc(-c3ccc(-n4c5ccccc5c5ccc6c(c7ccccc7n6-c6ccccc6)c54)cc3)c3c(n2)-c2ccccc2[Si]3(c2ccccc2)c2ccccc2)cc1. The number of para-hydroxylation sites is 3. The van der Waals surface area contributed by atoms with E-state index in [9.17, 15) is 0 Å². The van der Waals surface area contributed by atoms with Crippen LogP contribution in [0.3, 0.4) is 0 Å². The first kappa shape index (κ1) is 35.6. The van der Waals surface area contributed by atoms with Gasteiger partial charge in [0, 0.05) is 54.8 Å². The lowest BCUT2D eigenvalue weighted by atomic mass is 10.1. The van der Waals surface area contributed by atoms with E-state index in [1.54, 1.807) is 0 Å². The van der Waals surface area contributed by atoms with E-state index in [4.69, 9.17) is 9.97 Å². The number of fused-ring (bicyclic) bond motifs is 10. The van der Waals surface area contributed by atoms with E-state index in [2.05, 4.69) is 240 Å². The summed E-state index contributed by atoms with van der Waals surface area (Å²) < 4.78 is 4.88. The fourth-order valence-electron chi connectivity index (χ4n) is 10.6. The summed E-state index contributed by atoms with van der Waals surface area (Å²) in [6, 6.07) is 83.8.